The van der Waals surface area contributed by atoms with E-state index < -0.39 is 0 Å². The molecule has 17 heavy (non-hydrogen) atoms. The summed E-state index contributed by atoms with van der Waals surface area (Å²) in [6, 6.07) is 8.43. The van der Waals surface area contributed by atoms with E-state index in [0.29, 0.717) is 0 Å². The molecule has 0 bridgehead atoms. The molecule has 1 N–H and O–H groups in total. The van der Waals surface area contributed by atoms with Crippen LogP contribution in [0.4, 0.5) is 0 Å². The Balaban J connectivity index is 2.86. The Kier molecular flexibility index (Phi) is 4.45. The first-order valence-electron chi connectivity index (χ1n) is 5.86. The minimum atomic E-state index is -0.163. The summed E-state index contributed by atoms with van der Waals surface area (Å²) in [6.45, 7) is 12.3. The molecule has 0 saturated carbocycles. The van der Waals surface area contributed by atoms with Crippen LogP contribution in [0, 0.1) is 5.41 Å². The zero-order chi connectivity index (χ0) is 13.1. The largest absolute Gasteiger partial charge is 0.329 e. The van der Waals surface area contributed by atoms with Gasteiger partial charge in [0.05, 0.1) is 0 Å². The van der Waals surface area contributed by atoms with Gasteiger partial charge >= 0.3 is 0 Å². The number of rotatable bonds is 5. The van der Waals surface area contributed by atoms with Gasteiger partial charge in [-0.1, -0.05) is 50.8 Å². The molecule has 0 spiro atoms. The van der Waals surface area contributed by atoms with E-state index in [2.05, 4.69) is 58.5 Å². The van der Waals surface area contributed by atoms with E-state index in [1.807, 2.05) is 6.08 Å². The molecular formula is C15H22OS. The molecule has 0 unspecified atom stereocenters. The lowest BCUT2D eigenvalue weighted by Crippen LogP contribution is -2.37. The zero-order valence-electron chi connectivity index (χ0n) is 11.2. The summed E-state index contributed by atoms with van der Waals surface area (Å²) in [4.78, 5) is 0. The molecule has 94 valence electrons. The van der Waals surface area contributed by atoms with Crippen molar-refractivity contribution in [2.24, 2.45) is 5.41 Å². The van der Waals surface area contributed by atoms with E-state index in [9.17, 15) is 4.55 Å². The Bertz CT molecular complexity index is 376. The second-order valence-electron chi connectivity index (χ2n) is 5.61. The smallest absolute Gasteiger partial charge is 0.0418 e. The SMILES string of the molecule is C=Cc1ccc(CC(C)(C)C(C)(C)SO)cc1. The van der Waals surface area contributed by atoms with Crippen LogP contribution in [-0.4, -0.2) is 9.30 Å². The van der Waals surface area contributed by atoms with Crippen LogP contribution in [0.3, 0.4) is 0 Å². The molecule has 0 radical (unpaired) electrons. The first-order chi connectivity index (χ1) is 7.82. The summed E-state index contributed by atoms with van der Waals surface area (Å²) in [6.07, 6.45) is 2.80. The van der Waals surface area contributed by atoms with Crippen LogP contribution in [0.25, 0.3) is 6.08 Å². The van der Waals surface area contributed by atoms with Crippen LogP contribution in [0.2, 0.25) is 0 Å². The van der Waals surface area contributed by atoms with Crippen molar-refractivity contribution in [2.45, 2.75) is 38.9 Å². The van der Waals surface area contributed by atoms with Crippen molar-refractivity contribution >= 4 is 18.1 Å². The van der Waals surface area contributed by atoms with Crippen molar-refractivity contribution in [3.05, 3.63) is 42.0 Å². The summed E-state index contributed by atoms with van der Waals surface area (Å²) in [7, 11) is 0. The van der Waals surface area contributed by atoms with Gasteiger partial charge in [-0.25, -0.2) is 0 Å². The summed E-state index contributed by atoms with van der Waals surface area (Å²) in [5, 5.41) is 0. The summed E-state index contributed by atoms with van der Waals surface area (Å²) < 4.78 is 9.23. The Labute approximate surface area is 109 Å². The molecule has 2 heteroatoms. The van der Waals surface area contributed by atoms with E-state index in [1.165, 1.54) is 5.56 Å². The molecule has 1 aromatic rings. The molecule has 0 saturated heterocycles. The molecule has 1 rings (SSSR count). The Morgan fingerprint density at radius 2 is 1.71 bits per heavy atom. The minimum Gasteiger partial charge on any atom is -0.329 e. The average Bonchev–Trinajstić information content (AvgIpc) is 2.29. The van der Waals surface area contributed by atoms with Crippen molar-refractivity contribution in [3.63, 3.8) is 0 Å². The van der Waals surface area contributed by atoms with Crippen molar-refractivity contribution in [1.29, 1.82) is 0 Å². The van der Waals surface area contributed by atoms with Crippen molar-refractivity contribution < 1.29 is 4.55 Å². The van der Waals surface area contributed by atoms with Gasteiger partial charge in [0, 0.05) is 4.75 Å². The Hall–Kier alpha value is -0.730. The highest BCUT2D eigenvalue weighted by Gasteiger charge is 2.37. The molecule has 0 heterocycles. The molecule has 0 atom stereocenters. The molecular weight excluding hydrogens is 228 g/mol. The van der Waals surface area contributed by atoms with Gasteiger partial charge in [-0.05, 0) is 48.9 Å². The van der Waals surface area contributed by atoms with Crippen LogP contribution in [0.15, 0.2) is 30.8 Å². The van der Waals surface area contributed by atoms with Gasteiger partial charge in [0.2, 0.25) is 0 Å². The Morgan fingerprint density at radius 1 is 1.18 bits per heavy atom. The third-order valence-electron chi connectivity index (χ3n) is 3.72. The normalized spacial score (nSPS) is 12.5. The number of benzene rings is 1. The van der Waals surface area contributed by atoms with Gasteiger partial charge in [-0.15, -0.1) is 0 Å². The quantitative estimate of drug-likeness (QED) is 0.751. The second kappa shape index (κ2) is 5.28. The van der Waals surface area contributed by atoms with Gasteiger partial charge in [0.1, 0.15) is 0 Å². The van der Waals surface area contributed by atoms with E-state index in [4.69, 9.17) is 0 Å². The average molecular weight is 250 g/mol. The second-order valence-corrected chi connectivity index (χ2v) is 6.81. The maximum atomic E-state index is 9.39. The van der Waals surface area contributed by atoms with Crippen LogP contribution < -0.4 is 0 Å². The number of hydrogen-bond donors (Lipinski definition) is 1. The highest BCUT2D eigenvalue weighted by atomic mass is 32.2. The predicted octanol–water partition coefficient (Wildman–Crippen LogP) is 4.88. The summed E-state index contributed by atoms with van der Waals surface area (Å²) in [5.74, 6) is 0. The van der Waals surface area contributed by atoms with Crippen LogP contribution in [-0.2, 0) is 6.42 Å². The Morgan fingerprint density at radius 3 is 2.12 bits per heavy atom. The highest BCUT2D eigenvalue weighted by Crippen LogP contribution is 2.42. The minimum absolute atomic E-state index is 0.0299. The van der Waals surface area contributed by atoms with Crippen LogP contribution in [0.5, 0.6) is 0 Å². The zero-order valence-corrected chi connectivity index (χ0v) is 12.0. The third kappa shape index (κ3) is 3.36. The molecule has 0 aliphatic carbocycles. The van der Waals surface area contributed by atoms with Gasteiger partial charge in [-0.2, -0.15) is 0 Å². The standard InChI is InChI=1S/C15H22OS/c1-6-12-7-9-13(10-8-12)11-14(2,3)15(4,5)17-16/h6-10,16H,1,11H2,2-5H3. The maximum Gasteiger partial charge on any atom is 0.0418 e. The van der Waals surface area contributed by atoms with E-state index in [-0.39, 0.29) is 10.2 Å². The fourth-order valence-corrected chi connectivity index (χ4v) is 1.94. The fraction of sp³-hybridized carbons (Fsp3) is 0.467. The molecule has 0 amide bonds. The molecule has 0 aliphatic heterocycles. The molecule has 1 aromatic carbocycles. The summed E-state index contributed by atoms with van der Waals surface area (Å²) in [5.41, 5.74) is 2.47. The number of hydrogen-bond acceptors (Lipinski definition) is 2. The molecule has 0 aliphatic rings. The third-order valence-corrected chi connectivity index (χ3v) is 4.73. The van der Waals surface area contributed by atoms with Gasteiger partial charge in [0.15, 0.2) is 0 Å². The van der Waals surface area contributed by atoms with E-state index >= 15 is 0 Å². The monoisotopic (exact) mass is 250 g/mol. The van der Waals surface area contributed by atoms with Crippen LogP contribution >= 0.6 is 12.0 Å². The summed E-state index contributed by atoms with van der Waals surface area (Å²) >= 11 is 0.945. The molecule has 0 aromatic heterocycles. The van der Waals surface area contributed by atoms with Gasteiger partial charge in [-0.3, -0.25) is 0 Å². The van der Waals surface area contributed by atoms with Gasteiger partial charge in [0.25, 0.3) is 0 Å². The first-order valence-corrected chi connectivity index (χ1v) is 6.64. The highest BCUT2D eigenvalue weighted by molar-refractivity contribution is 7.95. The van der Waals surface area contributed by atoms with Crippen molar-refractivity contribution in [2.75, 3.05) is 0 Å². The van der Waals surface area contributed by atoms with Gasteiger partial charge < -0.3 is 4.55 Å². The van der Waals surface area contributed by atoms with Crippen molar-refractivity contribution in [3.8, 4) is 0 Å². The van der Waals surface area contributed by atoms with Crippen molar-refractivity contribution in [1.82, 2.24) is 0 Å². The lowest BCUT2D eigenvalue weighted by Gasteiger charge is -2.39. The first kappa shape index (κ1) is 14.3. The fourth-order valence-electron chi connectivity index (χ4n) is 1.62. The lowest BCUT2D eigenvalue weighted by molar-refractivity contribution is 0.274. The van der Waals surface area contributed by atoms with E-state index in [0.717, 1.165) is 24.0 Å². The van der Waals surface area contributed by atoms with Crippen LogP contribution in [0.1, 0.15) is 38.8 Å². The topological polar surface area (TPSA) is 20.2 Å². The molecule has 0 fully saturated rings. The maximum absolute atomic E-state index is 9.39. The lowest BCUT2D eigenvalue weighted by atomic mass is 9.75. The van der Waals surface area contributed by atoms with E-state index in [1.54, 1.807) is 0 Å². The predicted molar refractivity (Wildman–Crippen MR) is 78.3 cm³/mol. The molecule has 1 nitrogen and oxygen atoms in total.